The Morgan fingerprint density at radius 3 is 2.61 bits per heavy atom. The average molecular weight is 376 g/mol. The number of rotatable bonds is 7. The first-order valence-electron chi connectivity index (χ1n) is 8.71. The van der Waals surface area contributed by atoms with E-state index >= 15 is 0 Å². The number of fused-ring (bicyclic) bond motifs is 1. The molecule has 1 N–H and O–H groups in total. The van der Waals surface area contributed by atoms with Crippen molar-refractivity contribution in [1.82, 2.24) is 10.3 Å². The molecule has 0 saturated heterocycles. The molecule has 6 nitrogen and oxygen atoms in total. The standard InChI is InChI=1S/C22H20N2O4/c1-3-12-23-21(25)14-28-22(26)18-13-20(15-8-10-16(27-2)11-9-15)24-19-7-5-4-6-17(18)19/h3-11,13H,1,12,14H2,2H3,(H,23,25). The van der Waals surface area contributed by atoms with E-state index < -0.39 is 5.97 Å². The number of hydrogen-bond donors (Lipinski definition) is 1. The number of para-hydroxylation sites is 1. The van der Waals surface area contributed by atoms with E-state index in [1.807, 2.05) is 42.5 Å². The summed E-state index contributed by atoms with van der Waals surface area (Å²) in [5, 5.41) is 3.23. The Morgan fingerprint density at radius 2 is 1.89 bits per heavy atom. The third kappa shape index (κ3) is 4.35. The molecule has 3 aromatic rings. The second-order valence-corrected chi connectivity index (χ2v) is 5.97. The van der Waals surface area contributed by atoms with Crippen molar-refractivity contribution in [3.05, 3.63) is 72.8 Å². The molecule has 142 valence electrons. The van der Waals surface area contributed by atoms with E-state index in [-0.39, 0.29) is 12.5 Å². The zero-order chi connectivity index (χ0) is 19.9. The highest BCUT2D eigenvalue weighted by atomic mass is 16.5. The number of hydrogen-bond acceptors (Lipinski definition) is 5. The Hall–Kier alpha value is -3.67. The van der Waals surface area contributed by atoms with Crippen molar-refractivity contribution in [2.24, 2.45) is 0 Å². The molecule has 0 saturated carbocycles. The maximum Gasteiger partial charge on any atom is 0.339 e. The monoisotopic (exact) mass is 376 g/mol. The minimum atomic E-state index is -0.581. The van der Waals surface area contributed by atoms with Crippen LogP contribution in [0.1, 0.15) is 10.4 Å². The zero-order valence-electron chi connectivity index (χ0n) is 15.5. The summed E-state index contributed by atoms with van der Waals surface area (Å²) in [7, 11) is 1.60. The highest BCUT2D eigenvalue weighted by Crippen LogP contribution is 2.26. The van der Waals surface area contributed by atoms with E-state index in [1.165, 1.54) is 0 Å². The van der Waals surface area contributed by atoms with E-state index in [0.717, 1.165) is 11.3 Å². The molecule has 0 aliphatic carbocycles. The van der Waals surface area contributed by atoms with Crippen LogP contribution in [-0.2, 0) is 9.53 Å². The Morgan fingerprint density at radius 1 is 1.14 bits per heavy atom. The first-order chi connectivity index (χ1) is 13.6. The third-order valence-electron chi connectivity index (χ3n) is 4.10. The van der Waals surface area contributed by atoms with Crippen LogP contribution in [0.2, 0.25) is 0 Å². The van der Waals surface area contributed by atoms with Gasteiger partial charge in [-0.3, -0.25) is 4.79 Å². The minimum absolute atomic E-state index is 0.316. The van der Waals surface area contributed by atoms with Crippen molar-refractivity contribution < 1.29 is 19.1 Å². The molecule has 6 heteroatoms. The molecule has 0 aliphatic rings. The van der Waals surface area contributed by atoms with Gasteiger partial charge >= 0.3 is 5.97 Å². The molecule has 1 aromatic heterocycles. The molecule has 1 heterocycles. The quantitative estimate of drug-likeness (QED) is 0.505. The molecule has 0 bridgehead atoms. The van der Waals surface area contributed by atoms with Crippen LogP contribution in [0.5, 0.6) is 5.75 Å². The van der Waals surface area contributed by atoms with Gasteiger partial charge in [0.2, 0.25) is 0 Å². The van der Waals surface area contributed by atoms with E-state index in [0.29, 0.717) is 28.7 Å². The summed E-state index contributed by atoms with van der Waals surface area (Å²) in [6.45, 7) is 3.48. The van der Waals surface area contributed by atoms with Crippen LogP contribution in [0, 0.1) is 0 Å². The summed E-state index contributed by atoms with van der Waals surface area (Å²) >= 11 is 0. The number of nitrogens with zero attached hydrogens (tertiary/aromatic N) is 1. The fourth-order valence-corrected chi connectivity index (χ4v) is 2.70. The van der Waals surface area contributed by atoms with Crippen LogP contribution in [0.3, 0.4) is 0 Å². The maximum atomic E-state index is 12.7. The van der Waals surface area contributed by atoms with Gasteiger partial charge in [0.25, 0.3) is 5.91 Å². The number of esters is 1. The number of aromatic nitrogens is 1. The van der Waals surface area contributed by atoms with Gasteiger partial charge in [0.05, 0.1) is 23.9 Å². The minimum Gasteiger partial charge on any atom is -0.497 e. The second kappa shape index (κ2) is 8.81. The number of benzene rings is 2. The van der Waals surface area contributed by atoms with Crippen molar-refractivity contribution in [2.45, 2.75) is 0 Å². The largest absolute Gasteiger partial charge is 0.497 e. The Balaban J connectivity index is 1.92. The molecule has 0 spiro atoms. The van der Waals surface area contributed by atoms with E-state index in [4.69, 9.17) is 9.47 Å². The molecule has 28 heavy (non-hydrogen) atoms. The van der Waals surface area contributed by atoms with Crippen LogP contribution >= 0.6 is 0 Å². The van der Waals surface area contributed by atoms with Gasteiger partial charge < -0.3 is 14.8 Å². The summed E-state index contributed by atoms with van der Waals surface area (Å²) in [5.74, 6) is -0.237. The zero-order valence-corrected chi connectivity index (χ0v) is 15.5. The van der Waals surface area contributed by atoms with Crippen molar-refractivity contribution in [1.29, 1.82) is 0 Å². The molecule has 0 atom stereocenters. The normalized spacial score (nSPS) is 10.3. The Bertz CT molecular complexity index is 1010. The van der Waals surface area contributed by atoms with Crippen molar-refractivity contribution in [3.8, 4) is 17.0 Å². The summed E-state index contributed by atoms with van der Waals surface area (Å²) in [4.78, 5) is 29.0. The molecule has 0 aliphatic heterocycles. The van der Waals surface area contributed by atoms with Gasteiger partial charge in [-0.25, -0.2) is 9.78 Å². The number of amides is 1. The van der Waals surface area contributed by atoms with Crippen LogP contribution in [0.15, 0.2) is 67.3 Å². The Labute approximate surface area is 162 Å². The summed E-state index contributed by atoms with van der Waals surface area (Å²) in [6, 6.07) is 16.4. The van der Waals surface area contributed by atoms with Crippen LogP contribution in [0.4, 0.5) is 0 Å². The third-order valence-corrected chi connectivity index (χ3v) is 4.10. The molecular weight excluding hydrogens is 356 g/mol. The van der Waals surface area contributed by atoms with Crippen LogP contribution in [0.25, 0.3) is 22.2 Å². The molecule has 2 aromatic carbocycles. The number of ether oxygens (including phenoxy) is 2. The van der Waals surface area contributed by atoms with E-state index in [2.05, 4.69) is 16.9 Å². The highest BCUT2D eigenvalue weighted by molar-refractivity contribution is 6.05. The predicted molar refractivity (Wildman–Crippen MR) is 107 cm³/mol. The maximum absolute atomic E-state index is 12.7. The van der Waals surface area contributed by atoms with Crippen molar-refractivity contribution >= 4 is 22.8 Å². The molecule has 0 radical (unpaired) electrons. The van der Waals surface area contributed by atoms with Gasteiger partial charge in [0.15, 0.2) is 6.61 Å². The molecular formula is C22H20N2O4. The van der Waals surface area contributed by atoms with Crippen LogP contribution in [-0.4, -0.2) is 37.1 Å². The summed E-state index contributed by atoms with van der Waals surface area (Å²) < 4.78 is 10.4. The number of methoxy groups -OCH3 is 1. The van der Waals surface area contributed by atoms with Gasteiger partial charge in [-0.1, -0.05) is 24.3 Å². The highest BCUT2D eigenvalue weighted by Gasteiger charge is 2.16. The van der Waals surface area contributed by atoms with Gasteiger partial charge in [-0.05, 0) is 36.4 Å². The first-order valence-corrected chi connectivity index (χ1v) is 8.71. The van der Waals surface area contributed by atoms with E-state index in [1.54, 1.807) is 25.3 Å². The number of carbonyl (C=O) groups excluding carboxylic acids is 2. The van der Waals surface area contributed by atoms with Crippen molar-refractivity contribution in [3.63, 3.8) is 0 Å². The summed E-state index contributed by atoms with van der Waals surface area (Å²) in [5.41, 5.74) is 2.49. The number of pyridine rings is 1. The molecule has 0 unspecified atom stereocenters. The number of carbonyl (C=O) groups is 2. The van der Waals surface area contributed by atoms with Gasteiger partial charge in [0, 0.05) is 17.5 Å². The van der Waals surface area contributed by atoms with Crippen LogP contribution < -0.4 is 10.1 Å². The molecule has 0 fully saturated rings. The molecule has 3 rings (SSSR count). The van der Waals surface area contributed by atoms with Gasteiger partial charge in [-0.2, -0.15) is 0 Å². The molecule has 1 amide bonds. The summed E-state index contributed by atoms with van der Waals surface area (Å²) in [6.07, 6.45) is 1.55. The fraction of sp³-hybridized carbons (Fsp3) is 0.136. The van der Waals surface area contributed by atoms with Crippen molar-refractivity contribution in [2.75, 3.05) is 20.3 Å². The second-order valence-electron chi connectivity index (χ2n) is 5.97. The SMILES string of the molecule is C=CCNC(=O)COC(=O)c1cc(-c2ccc(OC)cc2)nc2ccccc12. The Kier molecular flexibility index (Phi) is 6.01. The lowest BCUT2D eigenvalue weighted by atomic mass is 10.0. The topological polar surface area (TPSA) is 77.5 Å². The van der Waals surface area contributed by atoms with Gasteiger partial charge in [0.1, 0.15) is 5.75 Å². The lowest BCUT2D eigenvalue weighted by Crippen LogP contribution is -2.28. The fourth-order valence-electron chi connectivity index (χ4n) is 2.70. The lowest BCUT2D eigenvalue weighted by molar-refractivity contribution is -0.124. The predicted octanol–water partition coefficient (Wildman–Crippen LogP) is 3.37. The smallest absolute Gasteiger partial charge is 0.339 e. The number of nitrogens with one attached hydrogen (secondary N) is 1. The lowest BCUT2D eigenvalue weighted by Gasteiger charge is -2.10. The van der Waals surface area contributed by atoms with Gasteiger partial charge in [-0.15, -0.1) is 6.58 Å². The first kappa shape index (κ1) is 19.1. The average Bonchev–Trinajstić information content (AvgIpc) is 2.75. The van der Waals surface area contributed by atoms with E-state index in [9.17, 15) is 9.59 Å².